The van der Waals surface area contributed by atoms with Crippen LogP contribution in [0.5, 0.6) is 23.0 Å². The number of hydrogen-bond acceptors (Lipinski definition) is 7. The maximum atomic E-state index is 13.4. The summed E-state index contributed by atoms with van der Waals surface area (Å²) in [4.78, 5) is 20.2. The monoisotopic (exact) mass is 498 g/mol. The van der Waals surface area contributed by atoms with Gasteiger partial charge in [-0.05, 0) is 36.4 Å². The van der Waals surface area contributed by atoms with Gasteiger partial charge < -0.3 is 24.8 Å². The van der Waals surface area contributed by atoms with E-state index in [1.54, 1.807) is 24.3 Å². The molecule has 4 aromatic rings. The number of methoxy groups -OCH3 is 2. The molecule has 2 N–H and O–H groups in total. The maximum absolute atomic E-state index is 13.4. The summed E-state index contributed by atoms with van der Waals surface area (Å²) in [6, 6.07) is 13.1. The van der Waals surface area contributed by atoms with Gasteiger partial charge >= 0.3 is 6.18 Å². The lowest BCUT2D eigenvalue weighted by molar-refractivity contribution is -0.137. The Morgan fingerprint density at radius 1 is 0.861 bits per heavy atom. The number of hydrogen-bond donors (Lipinski definition) is 2. The number of carbonyl (C=O) groups excluding carboxylic acids is 1. The van der Waals surface area contributed by atoms with Gasteiger partial charge in [0.25, 0.3) is 0 Å². The average molecular weight is 498 g/mol. The first-order valence-corrected chi connectivity index (χ1v) is 10.6. The number of halogens is 3. The van der Waals surface area contributed by atoms with Crippen LogP contribution in [0.2, 0.25) is 0 Å². The highest BCUT2D eigenvalue weighted by atomic mass is 19.4. The molecule has 36 heavy (non-hydrogen) atoms. The molecule has 1 heterocycles. The lowest BCUT2D eigenvalue weighted by Crippen LogP contribution is -2.10. The normalized spacial score (nSPS) is 11.2. The van der Waals surface area contributed by atoms with Crippen LogP contribution < -0.4 is 24.8 Å². The molecule has 0 atom stereocenters. The number of fused-ring (bicyclic) bond motifs is 1. The number of nitrogens with zero attached hydrogens (tertiary/aromatic N) is 2. The predicted molar refractivity (Wildman–Crippen MR) is 128 cm³/mol. The molecule has 8 nitrogen and oxygen atoms in total. The standard InChI is InChI=1S/C25H21F3N4O4/c1-14(33)31-18-9-8-15(25(26,27)28)10-21(18)36-23-11-16-19(12-22(23)35-3)29-13-30-24(16)32-17-6-4-5-7-20(17)34-2/h4-13H,1-3H3,(H,31,33)(H,29,30,32). The Labute approximate surface area is 204 Å². The van der Waals surface area contributed by atoms with Gasteiger partial charge in [0.1, 0.15) is 17.9 Å². The Balaban J connectivity index is 1.82. The van der Waals surface area contributed by atoms with E-state index in [0.29, 0.717) is 28.2 Å². The third-order valence-electron chi connectivity index (χ3n) is 5.12. The van der Waals surface area contributed by atoms with E-state index in [9.17, 15) is 18.0 Å². The van der Waals surface area contributed by atoms with E-state index in [4.69, 9.17) is 14.2 Å². The van der Waals surface area contributed by atoms with Crippen LogP contribution in [0.3, 0.4) is 0 Å². The van der Waals surface area contributed by atoms with Crippen molar-refractivity contribution in [3.05, 3.63) is 66.5 Å². The lowest BCUT2D eigenvalue weighted by Gasteiger charge is -2.17. The molecule has 0 aliphatic carbocycles. The van der Waals surface area contributed by atoms with Gasteiger partial charge in [-0.25, -0.2) is 9.97 Å². The highest BCUT2D eigenvalue weighted by Gasteiger charge is 2.31. The van der Waals surface area contributed by atoms with E-state index in [1.807, 2.05) is 12.1 Å². The molecule has 0 spiro atoms. The maximum Gasteiger partial charge on any atom is 0.416 e. The predicted octanol–water partition coefficient (Wildman–Crippen LogP) is 6.16. The Morgan fingerprint density at radius 2 is 1.61 bits per heavy atom. The van der Waals surface area contributed by atoms with Crippen molar-refractivity contribution < 1.29 is 32.2 Å². The topological polar surface area (TPSA) is 94.6 Å². The number of nitrogens with one attached hydrogen (secondary N) is 2. The number of alkyl halides is 3. The smallest absolute Gasteiger partial charge is 0.416 e. The van der Waals surface area contributed by atoms with Gasteiger partial charge in [0.2, 0.25) is 5.91 Å². The number of benzene rings is 3. The summed E-state index contributed by atoms with van der Waals surface area (Å²) >= 11 is 0. The van der Waals surface area contributed by atoms with Gasteiger partial charge in [0.15, 0.2) is 17.2 Å². The first-order chi connectivity index (χ1) is 17.2. The number of carbonyl (C=O) groups is 1. The molecule has 0 unspecified atom stereocenters. The van der Waals surface area contributed by atoms with Crippen molar-refractivity contribution in [2.24, 2.45) is 0 Å². The summed E-state index contributed by atoms with van der Waals surface area (Å²) in [5.74, 6) is 0.612. The van der Waals surface area contributed by atoms with Crippen LogP contribution in [0.25, 0.3) is 10.9 Å². The molecule has 11 heteroatoms. The van der Waals surface area contributed by atoms with E-state index in [0.717, 1.165) is 18.2 Å². The first-order valence-electron chi connectivity index (χ1n) is 10.6. The highest BCUT2D eigenvalue weighted by molar-refractivity contribution is 5.94. The fraction of sp³-hybridized carbons (Fsp3) is 0.160. The van der Waals surface area contributed by atoms with Gasteiger partial charge in [-0.15, -0.1) is 0 Å². The molecular formula is C25H21F3N4O4. The van der Waals surface area contributed by atoms with Crippen molar-refractivity contribution >= 4 is 34.0 Å². The second-order valence-corrected chi connectivity index (χ2v) is 7.56. The number of para-hydroxylation sites is 2. The Morgan fingerprint density at radius 3 is 2.31 bits per heavy atom. The van der Waals surface area contributed by atoms with Crippen molar-refractivity contribution in [3.63, 3.8) is 0 Å². The first kappa shape index (κ1) is 24.6. The number of amides is 1. The fourth-order valence-corrected chi connectivity index (χ4v) is 3.47. The Kier molecular flexibility index (Phi) is 6.82. The van der Waals surface area contributed by atoms with Crippen LogP contribution in [0.4, 0.5) is 30.4 Å². The Bertz CT molecular complexity index is 1430. The number of aromatic nitrogens is 2. The highest BCUT2D eigenvalue weighted by Crippen LogP contribution is 2.42. The molecule has 4 rings (SSSR count). The van der Waals surface area contributed by atoms with Gasteiger partial charge in [0.05, 0.1) is 36.7 Å². The number of rotatable bonds is 7. The molecule has 186 valence electrons. The largest absolute Gasteiger partial charge is 0.495 e. The summed E-state index contributed by atoms with van der Waals surface area (Å²) in [6.45, 7) is 1.24. The minimum atomic E-state index is -4.61. The zero-order chi connectivity index (χ0) is 25.9. The molecule has 3 aromatic carbocycles. The molecule has 0 aliphatic heterocycles. The van der Waals surface area contributed by atoms with Crippen LogP contribution >= 0.6 is 0 Å². The summed E-state index contributed by atoms with van der Waals surface area (Å²) < 4.78 is 56.8. The average Bonchev–Trinajstić information content (AvgIpc) is 2.84. The van der Waals surface area contributed by atoms with Crippen molar-refractivity contribution in [1.29, 1.82) is 0 Å². The van der Waals surface area contributed by atoms with Gasteiger partial charge in [-0.1, -0.05) is 12.1 Å². The van der Waals surface area contributed by atoms with Crippen molar-refractivity contribution in [2.45, 2.75) is 13.1 Å². The molecule has 0 saturated heterocycles. The fourth-order valence-electron chi connectivity index (χ4n) is 3.47. The number of ether oxygens (including phenoxy) is 3. The van der Waals surface area contributed by atoms with Crippen molar-refractivity contribution in [1.82, 2.24) is 9.97 Å². The van der Waals surface area contributed by atoms with Crippen molar-refractivity contribution in [3.8, 4) is 23.0 Å². The van der Waals surface area contributed by atoms with E-state index < -0.39 is 17.6 Å². The summed E-state index contributed by atoms with van der Waals surface area (Å²) in [7, 11) is 2.93. The van der Waals surface area contributed by atoms with Crippen LogP contribution in [0, 0.1) is 0 Å². The minimum absolute atomic E-state index is 0.0642. The molecule has 0 aliphatic rings. The quantitative estimate of drug-likeness (QED) is 0.315. The van der Waals surface area contributed by atoms with Crippen LogP contribution in [-0.2, 0) is 11.0 Å². The molecule has 1 aromatic heterocycles. The second-order valence-electron chi connectivity index (χ2n) is 7.56. The molecular weight excluding hydrogens is 477 g/mol. The van der Waals surface area contributed by atoms with Gasteiger partial charge in [-0.3, -0.25) is 4.79 Å². The molecule has 0 fully saturated rings. The SMILES string of the molecule is COc1ccccc1Nc1ncnc2cc(OC)c(Oc3cc(C(F)(F)F)ccc3NC(C)=O)cc12. The van der Waals surface area contributed by atoms with E-state index in [-0.39, 0.29) is 22.9 Å². The second kappa shape index (κ2) is 9.98. The molecule has 0 radical (unpaired) electrons. The third-order valence-corrected chi connectivity index (χ3v) is 5.12. The van der Waals surface area contributed by atoms with E-state index in [2.05, 4.69) is 20.6 Å². The summed E-state index contributed by atoms with van der Waals surface area (Å²) in [6.07, 6.45) is -3.25. The minimum Gasteiger partial charge on any atom is -0.495 e. The number of anilines is 3. The lowest BCUT2D eigenvalue weighted by atomic mass is 10.1. The van der Waals surface area contributed by atoms with Crippen LogP contribution in [-0.4, -0.2) is 30.1 Å². The summed E-state index contributed by atoms with van der Waals surface area (Å²) in [5, 5.41) is 6.17. The van der Waals surface area contributed by atoms with Gasteiger partial charge in [0, 0.05) is 18.4 Å². The molecule has 1 amide bonds. The van der Waals surface area contributed by atoms with Crippen LogP contribution in [0.15, 0.2) is 60.9 Å². The Hall–Kier alpha value is -4.54. The van der Waals surface area contributed by atoms with Crippen LogP contribution in [0.1, 0.15) is 12.5 Å². The zero-order valence-electron chi connectivity index (χ0n) is 19.4. The summed E-state index contributed by atoms with van der Waals surface area (Å²) in [5.41, 5.74) is 0.268. The molecule has 0 saturated carbocycles. The molecule has 0 bridgehead atoms. The van der Waals surface area contributed by atoms with Crippen molar-refractivity contribution in [2.75, 3.05) is 24.9 Å². The van der Waals surface area contributed by atoms with E-state index >= 15 is 0 Å². The van der Waals surface area contributed by atoms with E-state index in [1.165, 1.54) is 27.5 Å². The zero-order valence-corrected chi connectivity index (χ0v) is 19.4. The van der Waals surface area contributed by atoms with Gasteiger partial charge in [-0.2, -0.15) is 13.2 Å². The third kappa shape index (κ3) is 5.24.